The van der Waals surface area contributed by atoms with Crippen molar-refractivity contribution in [1.82, 2.24) is 14.5 Å². The van der Waals surface area contributed by atoms with E-state index in [4.69, 9.17) is 0 Å². The zero-order chi connectivity index (χ0) is 29.4. The topological polar surface area (TPSA) is 90.0 Å². The molecule has 0 saturated carbocycles. The van der Waals surface area contributed by atoms with Crippen LogP contribution < -0.4 is 9.62 Å². The van der Waals surface area contributed by atoms with Crippen molar-refractivity contribution in [2.24, 2.45) is 0 Å². The van der Waals surface area contributed by atoms with E-state index in [2.05, 4.69) is 21.2 Å². The maximum Gasteiger partial charge on any atom is 0.304 e. The monoisotopic (exact) mass is 632 g/mol. The van der Waals surface area contributed by atoms with Gasteiger partial charge in [0, 0.05) is 37.6 Å². The molecule has 1 N–H and O–H groups in total. The number of carbonyl (C=O) groups is 2. The van der Waals surface area contributed by atoms with Crippen molar-refractivity contribution < 1.29 is 22.4 Å². The molecular weight excluding hydrogens is 599 g/mol. The van der Waals surface area contributed by atoms with Gasteiger partial charge in [-0.3, -0.25) is 9.59 Å². The molecule has 0 saturated heterocycles. The van der Waals surface area contributed by atoms with E-state index in [1.54, 1.807) is 0 Å². The van der Waals surface area contributed by atoms with Crippen LogP contribution in [0.15, 0.2) is 83.3 Å². The number of halogens is 2. The third-order valence-electron chi connectivity index (χ3n) is 6.08. The van der Waals surface area contributed by atoms with E-state index in [1.165, 1.54) is 37.2 Å². The number of para-hydroxylation sites is 1. The first-order valence-electron chi connectivity index (χ1n) is 12.7. The van der Waals surface area contributed by atoms with Gasteiger partial charge in [-0.25, -0.2) is 8.70 Å². The van der Waals surface area contributed by atoms with Crippen LogP contribution in [0.1, 0.15) is 25.0 Å². The molecule has 0 bridgehead atoms. The molecule has 0 aliphatic heterocycles. The van der Waals surface area contributed by atoms with Gasteiger partial charge in [-0.05, 0) is 49.2 Å². The second-order valence-electron chi connectivity index (χ2n) is 9.77. The van der Waals surface area contributed by atoms with Crippen LogP contribution in [0, 0.1) is 5.82 Å². The first-order chi connectivity index (χ1) is 18.9. The second-order valence-corrected chi connectivity index (χ2v) is 12.8. The molecule has 8 nitrogen and oxygen atoms in total. The summed E-state index contributed by atoms with van der Waals surface area (Å²) in [5, 5.41) is 2.90. The normalized spacial score (nSPS) is 12.3. The van der Waals surface area contributed by atoms with Gasteiger partial charge < -0.3 is 10.2 Å². The molecule has 0 fully saturated rings. The van der Waals surface area contributed by atoms with Crippen LogP contribution in [0.4, 0.5) is 10.1 Å². The van der Waals surface area contributed by atoms with Gasteiger partial charge in [0.1, 0.15) is 18.4 Å². The number of rotatable bonds is 12. The molecule has 3 aromatic carbocycles. The highest BCUT2D eigenvalue weighted by atomic mass is 79.9. The second kappa shape index (κ2) is 13.9. The molecule has 3 aromatic rings. The average Bonchev–Trinajstić information content (AvgIpc) is 2.89. The highest BCUT2D eigenvalue weighted by Crippen LogP contribution is 2.25. The van der Waals surface area contributed by atoms with E-state index in [1.807, 2.05) is 68.4 Å². The molecule has 1 atom stereocenters. The molecule has 40 heavy (non-hydrogen) atoms. The largest absolute Gasteiger partial charge is 0.352 e. The molecule has 0 spiro atoms. The van der Waals surface area contributed by atoms with Crippen LogP contribution in [0.5, 0.6) is 0 Å². The Morgan fingerprint density at radius 1 is 0.925 bits per heavy atom. The first-order valence-corrected chi connectivity index (χ1v) is 14.9. The van der Waals surface area contributed by atoms with E-state index in [0.717, 1.165) is 30.3 Å². The number of carbonyl (C=O) groups excluding carboxylic acids is 2. The SMILES string of the molecule is CC(C)NC(=O)C(Cc1ccccc1)N(Cc1cccc(Br)c1)C(=O)CN(c1ccccc1F)S(=O)(=O)N(C)C. The van der Waals surface area contributed by atoms with Crippen molar-refractivity contribution in [1.29, 1.82) is 0 Å². The molecule has 0 aromatic heterocycles. The lowest BCUT2D eigenvalue weighted by atomic mass is 10.0. The zero-order valence-electron chi connectivity index (χ0n) is 22.9. The fourth-order valence-electron chi connectivity index (χ4n) is 4.12. The minimum absolute atomic E-state index is 0.0222. The Balaban J connectivity index is 2.11. The Kier molecular flexibility index (Phi) is 10.8. The standard InChI is InChI=1S/C29H34BrFN4O4S/c1-21(2)32-29(37)27(18-22-11-6-5-7-12-22)34(19-23-13-10-14-24(30)17-23)28(36)20-35(40(38,39)33(3)4)26-16-9-8-15-25(26)31/h5-17,21,27H,18-20H2,1-4H3,(H,32,37). The summed E-state index contributed by atoms with van der Waals surface area (Å²) in [6, 6.07) is 20.8. The Morgan fingerprint density at radius 3 is 2.15 bits per heavy atom. The molecule has 0 radical (unpaired) electrons. The Labute approximate surface area is 244 Å². The predicted octanol–water partition coefficient (Wildman–Crippen LogP) is 4.37. The van der Waals surface area contributed by atoms with Crippen LogP contribution in [0.25, 0.3) is 0 Å². The summed E-state index contributed by atoms with van der Waals surface area (Å²) in [5.74, 6) is -1.83. The fourth-order valence-corrected chi connectivity index (χ4v) is 5.63. The van der Waals surface area contributed by atoms with Crippen LogP contribution in [0.3, 0.4) is 0 Å². The van der Waals surface area contributed by atoms with Gasteiger partial charge in [-0.2, -0.15) is 12.7 Å². The molecule has 1 unspecified atom stereocenters. The number of hydrogen-bond donors (Lipinski definition) is 1. The molecule has 2 amide bonds. The van der Waals surface area contributed by atoms with E-state index in [9.17, 15) is 22.4 Å². The average molecular weight is 634 g/mol. The van der Waals surface area contributed by atoms with Crippen molar-refractivity contribution in [2.75, 3.05) is 24.9 Å². The molecule has 214 valence electrons. The van der Waals surface area contributed by atoms with Gasteiger partial charge in [0.25, 0.3) is 0 Å². The van der Waals surface area contributed by atoms with Gasteiger partial charge in [0.2, 0.25) is 11.8 Å². The molecule has 0 aliphatic carbocycles. The number of hydrogen-bond acceptors (Lipinski definition) is 4. The number of benzene rings is 3. The lowest BCUT2D eigenvalue weighted by Gasteiger charge is -2.34. The van der Waals surface area contributed by atoms with E-state index in [0.29, 0.717) is 0 Å². The minimum atomic E-state index is -4.28. The lowest BCUT2D eigenvalue weighted by molar-refractivity contribution is -0.140. The highest BCUT2D eigenvalue weighted by molar-refractivity contribution is 9.10. The third kappa shape index (κ3) is 8.12. The number of nitrogens with one attached hydrogen (secondary N) is 1. The van der Waals surface area contributed by atoms with Crippen LogP contribution in [0.2, 0.25) is 0 Å². The summed E-state index contributed by atoms with van der Waals surface area (Å²) < 4.78 is 43.9. The lowest BCUT2D eigenvalue weighted by Crippen LogP contribution is -2.55. The van der Waals surface area contributed by atoms with E-state index in [-0.39, 0.29) is 30.6 Å². The van der Waals surface area contributed by atoms with Gasteiger partial charge in [0.05, 0.1) is 5.69 Å². The molecular formula is C29H34BrFN4O4S. The Morgan fingerprint density at radius 2 is 1.55 bits per heavy atom. The molecule has 3 rings (SSSR count). The van der Waals surface area contributed by atoms with Crippen molar-refractivity contribution in [3.8, 4) is 0 Å². The maximum absolute atomic E-state index is 14.9. The summed E-state index contributed by atoms with van der Waals surface area (Å²) in [6.07, 6.45) is 0.194. The van der Waals surface area contributed by atoms with Gasteiger partial charge in [-0.15, -0.1) is 0 Å². The summed E-state index contributed by atoms with van der Waals surface area (Å²) in [7, 11) is -1.66. The van der Waals surface area contributed by atoms with Crippen LogP contribution >= 0.6 is 15.9 Å². The first kappa shape index (κ1) is 31.3. The molecule has 0 heterocycles. The van der Waals surface area contributed by atoms with Crippen LogP contribution in [-0.4, -0.2) is 62.2 Å². The third-order valence-corrected chi connectivity index (χ3v) is 8.38. The predicted molar refractivity (Wildman–Crippen MR) is 158 cm³/mol. The van der Waals surface area contributed by atoms with Gasteiger partial charge in [-0.1, -0.05) is 70.5 Å². The number of amides is 2. The van der Waals surface area contributed by atoms with Gasteiger partial charge >= 0.3 is 10.2 Å². The van der Waals surface area contributed by atoms with E-state index < -0.39 is 34.5 Å². The van der Waals surface area contributed by atoms with Gasteiger partial charge in [0.15, 0.2) is 0 Å². The summed E-state index contributed by atoms with van der Waals surface area (Å²) in [5.41, 5.74) is 1.29. The number of nitrogens with zero attached hydrogens (tertiary/aromatic N) is 3. The smallest absolute Gasteiger partial charge is 0.304 e. The highest BCUT2D eigenvalue weighted by Gasteiger charge is 2.35. The molecule has 0 aliphatic rings. The minimum Gasteiger partial charge on any atom is -0.352 e. The van der Waals surface area contributed by atoms with Crippen molar-refractivity contribution in [3.05, 3.63) is 100 Å². The Hall–Kier alpha value is -3.28. The zero-order valence-corrected chi connectivity index (χ0v) is 25.3. The van der Waals surface area contributed by atoms with Crippen molar-refractivity contribution in [2.45, 2.75) is 38.9 Å². The Bertz CT molecular complexity index is 1420. The summed E-state index contributed by atoms with van der Waals surface area (Å²) >= 11 is 3.45. The van der Waals surface area contributed by atoms with Crippen molar-refractivity contribution >= 4 is 43.6 Å². The fraction of sp³-hybridized carbons (Fsp3) is 0.310. The van der Waals surface area contributed by atoms with E-state index >= 15 is 0 Å². The maximum atomic E-state index is 14.9. The number of anilines is 1. The molecule has 11 heteroatoms. The summed E-state index contributed by atoms with van der Waals surface area (Å²) in [6.45, 7) is 2.95. The summed E-state index contributed by atoms with van der Waals surface area (Å²) in [4.78, 5) is 29.0. The quantitative estimate of drug-likeness (QED) is 0.321. The van der Waals surface area contributed by atoms with Crippen molar-refractivity contribution in [3.63, 3.8) is 0 Å². The van der Waals surface area contributed by atoms with Crippen LogP contribution in [-0.2, 0) is 32.8 Å².